The van der Waals surface area contributed by atoms with E-state index in [1.165, 1.54) is 7.11 Å². The van der Waals surface area contributed by atoms with E-state index in [0.717, 1.165) is 6.26 Å². The first-order chi connectivity index (χ1) is 5.63. The van der Waals surface area contributed by atoms with Gasteiger partial charge in [0.05, 0.1) is 18.6 Å². The molecule has 0 aliphatic carbocycles. The van der Waals surface area contributed by atoms with E-state index in [1.807, 2.05) is 0 Å². The summed E-state index contributed by atoms with van der Waals surface area (Å²) in [4.78, 5) is 20.1. The van der Waals surface area contributed by atoms with Crippen molar-refractivity contribution in [3.8, 4) is 0 Å². The molecule has 0 heterocycles. The maximum absolute atomic E-state index is 10.8. The summed E-state index contributed by atoms with van der Waals surface area (Å²) >= 11 is 0. The van der Waals surface area contributed by atoms with Gasteiger partial charge in [-0.15, -0.1) is 0 Å². The van der Waals surface area contributed by atoms with Crippen LogP contribution in [-0.4, -0.2) is 24.6 Å². The average Bonchev–Trinajstić information content (AvgIpc) is 1.99. The maximum atomic E-state index is 10.8. The highest BCUT2D eigenvalue weighted by atomic mass is 16.6. The molecule has 0 aliphatic rings. The molecule has 12 heavy (non-hydrogen) atoms. The molecule has 0 N–H and O–H groups in total. The highest BCUT2D eigenvalue weighted by molar-refractivity contribution is 5.85. The van der Waals surface area contributed by atoms with Gasteiger partial charge < -0.3 is 9.47 Å². The molecule has 0 aromatic carbocycles. The molecule has 0 amide bonds. The molecule has 0 atom stereocenters. The third kappa shape index (κ3) is 3.00. The molecule has 0 fully saturated rings. The van der Waals surface area contributed by atoms with Crippen LogP contribution in [0.25, 0.3) is 0 Å². The predicted molar refractivity (Wildman–Crippen MR) is 38.7 cm³/mol. The highest BCUT2D eigenvalue weighted by Gasteiger charge is 2.23. The molecule has 0 bridgehead atoms. The van der Waals surface area contributed by atoms with Gasteiger partial charge in [0.1, 0.15) is 0 Å². The van der Waals surface area contributed by atoms with Gasteiger partial charge in [-0.1, -0.05) is 0 Å². The Morgan fingerprint density at radius 3 is 2.58 bits per heavy atom. The van der Waals surface area contributed by atoms with Crippen LogP contribution >= 0.6 is 0 Å². The summed E-state index contributed by atoms with van der Waals surface area (Å²) in [5.74, 6) is -0.996. The lowest BCUT2D eigenvalue weighted by atomic mass is 10.5. The quantitative estimate of drug-likeness (QED) is 0.202. The molecule has 6 nitrogen and oxygen atoms in total. The third-order valence-corrected chi connectivity index (χ3v) is 0.911. The Balaban J connectivity index is 4.41. The van der Waals surface area contributed by atoms with Crippen LogP contribution in [0.2, 0.25) is 0 Å². The second kappa shape index (κ2) is 5.11. The van der Waals surface area contributed by atoms with Crippen molar-refractivity contribution in [1.29, 1.82) is 0 Å². The molecular formula is C6H9NO5. The fourth-order valence-corrected chi connectivity index (χ4v) is 0.482. The molecule has 0 saturated carbocycles. The Labute approximate surface area is 68.9 Å². The van der Waals surface area contributed by atoms with Crippen LogP contribution in [0.4, 0.5) is 0 Å². The fraction of sp³-hybridized carbons (Fsp3) is 0.500. The minimum Gasteiger partial charge on any atom is -0.497 e. The largest absolute Gasteiger partial charge is 0.497 e. The summed E-state index contributed by atoms with van der Waals surface area (Å²) in [7, 11) is 1.21. The van der Waals surface area contributed by atoms with E-state index in [2.05, 4.69) is 9.47 Å². The van der Waals surface area contributed by atoms with E-state index >= 15 is 0 Å². The van der Waals surface area contributed by atoms with Crippen molar-refractivity contribution in [2.45, 2.75) is 6.92 Å². The summed E-state index contributed by atoms with van der Waals surface area (Å²) in [6.07, 6.45) is 0.734. The minimum atomic E-state index is -0.996. The zero-order valence-corrected chi connectivity index (χ0v) is 6.77. The number of hydrogen-bond donors (Lipinski definition) is 0. The standard InChI is InChI=1S/C6H9NO5/c1-3-12-6(8)5(4-11-2)7(9)10/h4H,3H2,1-2H3. The van der Waals surface area contributed by atoms with Crippen molar-refractivity contribution in [3.63, 3.8) is 0 Å². The van der Waals surface area contributed by atoms with Crippen molar-refractivity contribution < 1.29 is 19.2 Å². The van der Waals surface area contributed by atoms with Gasteiger partial charge in [-0.3, -0.25) is 10.1 Å². The number of methoxy groups -OCH3 is 1. The van der Waals surface area contributed by atoms with Crippen LogP contribution in [0, 0.1) is 10.1 Å². The monoisotopic (exact) mass is 175 g/mol. The normalized spacial score (nSPS) is 10.7. The van der Waals surface area contributed by atoms with E-state index in [-0.39, 0.29) is 6.61 Å². The molecule has 0 aromatic rings. The highest BCUT2D eigenvalue weighted by Crippen LogP contribution is 1.98. The minimum absolute atomic E-state index is 0.0910. The summed E-state index contributed by atoms with van der Waals surface area (Å²) in [5, 5.41) is 10.2. The predicted octanol–water partition coefficient (Wildman–Crippen LogP) is 0.314. The number of carbonyl (C=O) groups excluding carboxylic acids is 1. The van der Waals surface area contributed by atoms with Gasteiger partial charge >= 0.3 is 11.7 Å². The van der Waals surface area contributed by atoms with Crippen LogP contribution in [0.1, 0.15) is 6.92 Å². The first kappa shape index (κ1) is 10.4. The molecule has 0 aliphatic heterocycles. The molecule has 0 aromatic heterocycles. The van der Waals surface area contributed by atoms with Gasteiger partial charge in [0.2, 0.25) is 0 Å². The third-order valence-electron chi connectivity index (χ3n) is 0.911. The van der Waals surface area contributed by atoms with E-state index in [0.29, 0.717) is 0 Å². The topological polar surface area (TPSA) is 78.7 Å². The summed E-state index contributed by atoms with van der Waals surface area (Å²) < 4.78 is 8.72. The maximum Gasteiger partial charge on any atom is 0.413 e. The SMILES string of the molecule is CCOC(=O)C(=COC)[N+](=O)[O-]. The lowest BCUT2D eigenvalue weighted by molar-refractivity contribution is -0.423. The van der Waals surface area contributed by atoms with Crippen molar-refractivity contribution >= 4 is 5.97 Å². The second-order valence-corrected chi connectivity index (χ2v) is 1.72. The summed E-state index contributed by atoms with van der Waals surface area (Å²) in [6.45, 7) is 1.65. The van der Waals surface area contributed by atoms with E-state index < -0.39 is 16.6 Å². The van der Waals surface area contributed by atoms with Crippen molar-refractivity contribution in [1.82, 2.24) is 0 Å². The summed E-state index contributed by atoms with van der Waals surface area (Å²) in [5.41, 5.74) is -0.709. The molecular weight excluding hydrogens is 166 g/mol. The number of ether oxygens (including phenoxy) is 2. The van der Waals surface area contributed by atoms with Gasteiger partial charge in [0.15, 0.2) is 6.26 Å². The van der Waals surface area contributed by atoms with Crippen LogP contribution in [0.15, 0.2) is 12.0 Å². The fourth-order valence-electron chi connectivity index (χ4n) is 0.482. The number of nitrogens with zero attached hydrogens (tertiary/aromatic N) is 1. The Bertz CT molecular complexity index is 210. The lowest BCUT2D eigenvalue weighted by Crippen LogP contribution is -2.14. The van der Waals surface area contributed by atoms with Crippen LogP contribution in [0.3, 0.4) is 0 Å². The zero-order chi connectivity index (χ0) is 9.56. The van der Waals surface area contributed by atoms with E-state index in [9.17, 15) is 14.9 Å². The number of nitro groups is 1. The molecule has 0 saturated heterocycles. The first-order valence-corrected chi connectivity index (χ1v) is 3.18. The summed E-state index contributed by atoms with van der Waals surface area (Å²) in [6, 6.07) is 0. The molecule has 6 heteroatoms. The smallest absolute Gasteiger partial charge is 0.413 e. The molecule has 0 radical (unpaired) electrons. The first-order valence-electron chi connectivity index (χ1n) is 3.18. The Hall–Kier alpha value is -1.59. The van der Waals surface area contributed by atoms with Gasteiger partial charge in [0, 0.05) is 0 Å². The molecule has 0 unspecified atom stereocenters. The van der Waals surface area contributed by atoms with Gasteiger partial charge in [-0.2, -0.15) is 0 Å². The zero-order valence-electron chi connectivity index (χ0n) is 6.77. The van der Waals surface area contributed by atoms with E-state index in [4.69, 9.17) is 0 Å². The van der Waals surface area contributed by atoms with Crippen LogP contribution in [-0.2, 0) is 14.3 Å². The Kier molecular flexibility index (Phi) is 4.43. The van der Waals surface area contributed by atoms with Crippen molar-refractivity contribution in [2.24, 2.45) is 0 Å². The van der Waals surface area contributed by atoms with Gasteiger partial charge in [0.25, 0.3) is 0 Å². The van der Waals surface area contributed by atoms with Crippen molar-refractivity contribution in [2.75, 3.05) is 13.7 Å². The number of hydrogen-bond acceptors (Lipinski definition) is 5. The number of rotatable bonds is 4. The van der Waals surface area contributed by atoms with Gasteiger partial charge in [-0.25, -0.2) is 4.79 Å². The van der Waals surface area contributed by atoms with Crippen LogP contribution in [0.5, 0.6) is 0 Å². The number of esters is 1. The molecule has 0 rings (SSSR count). The lowest BCUT2D eigenvalue weighted by Gasteiger charge is -1.97. The number of carbonyl (C=O) groups is 1. The van der Waals surface area contributed by atoms with E-state index in [1.54, 1.807) is 6.92 Å². The second-order valence-electron chi connectivity index (χ2n) is 1.72. The Morgan fingerprint density at radius 1 is 1.67 bits per heavy atom. The average molecular weight is 175 g/mol. The Morgan fingerprint density at radius 2 is 2.25 bits per heavy atom. The molecule has 0 spiro atoms. The van der Waals surface area contributed by atoms with Gasteiger partial charge in [-0.05, 0) is 6.92 Å². The molecule has 68 valence electrons. The van der Waals surface area contributed by atoms with Crippen molar-refractivity contribution in [3.05, 3.63) is 22.1 Å². The van der Waals surface area contributed by atoms with Crippen LogP contribution < -0.4 is 0 Å².